The van der Waals surface area contributed by atoms with Crippen LogP contribution in [0.5, 0.6) is 0 Å². The van der Waals surface area contributed by atoms with Crippen LogP contribution in [0.25, 0.3) is 22.4 Å². The number of aryl methyl sites for hydroxylation is 2. The van der Waals surface area contributed by atoms with Crippen LogP contribution in [0.4, 0.5) is 11.4 Å². The summed E-state index contributed by atoms with van der Waals surface area (Å²) in [6.07, 6.45) is 0. The van der Waals surface area contributed by atoms with Crippen molar-refractivity contribution in [1.82, 2.24) is 10.1 Å². The lowest BCUT2D eigenvalue weighted by molar-refractivity contribution is -0.385. The quantitative estimate of drug-likeness (QED) is 0.252. The van der Waals surface area contributed by atoms with Crippen LogP contribution in [-0.4, -0.2) is 33.5 Å². The van der Waals surface area contributed by atoms with Gasteiger partial charge in [-0.15, -0.1) is 0 Å². The van der Waals surface area contributed by atoms with E-state index in [4.69, 9.17) is 9.26 Å². The Bertz CT molecular complexity index is 1430. The SMILES string of the molecule is Cc1ccc(-c2cc(C(=O)OCC(=O)Nc3cccc([N+](=O)[O-])c3C)c3c(C)noc3n2)cc1. The predicted molar refractivity (Wildman–Crippen MR) is 123 cm³/mol. The average molecular weight is 460 g/mol. The molecule has 0 spiro atoms. The van der Waals surface area contributed by atoms with Crippen LogP contribution in [0.3, 0.4) is 0 Å². The van der Waals surface area contributed by atoms with Crippen molar-refractivity contribution < 1.29 is 23.8 Å². The Morgan fingerprint density at radius 3 is 2.56 bits per heavy atom. The Kier molecular flexibility index (Phi) is 6.05. The van der Waals surface area contributed by atoms with Gasteiger partial charge in [0.1, 0.15) is 0 Å². The van der Waals surface area contributed by atoms with Crippen LogP contribution in [0.15, 0.2) is 53.1 Å². The summed E-state index contributed by atoms with van der Waals surface area (Å²) in [7, 11) is 0. The third-order valence-corrected chi connectivity index (χ3v) is 5.29. The molecule has 1 amide bonds. The largest absolute Gasteiger partial charge is 0.452 e. The van der Waals surface area contributed by atoms with Crippen LogP contribution >= 0.6 is 0 Å². The maximum Gasteiger partial charge on any atom is 0.339 e. The second-order valence-electron chi connectivity index (χ2n) is 7.70. The number of esters is 1. The molecule has 2 aromatic carbocycles. The summed E-state index contributed by atoms with van der Waals surface area (Å²) in [6.45, 7) is 4.57. The lowest BCUT2D eigenvalue weighted by Gasteiger charge is -2.10. The molecule has 0 bridgehead atoms. The van der Waals surface area contributed by atoms with Crippen LogP contribution in [0.2, 0.25) is 0 Å². The van der Waals surface area contributed by atoms with Crippen molar-refractivity contribution in [2.75, 3.05) is 11.9 Å². The van der Waals surface area contributed by atoms with Crippen molar-refractivity contribution in [3.63, 3.8) is 0 Å². The predicted octanol–water partition coefficient (Wildman–Crippen LogP) is 4.52. The van der Waals surface area contributed by atoms with Gasteiger partial charge in [-0.05, 0) is 32.9 Å². The summed E-state index contributed by atoms with van der Waals surface area (Å²) in [4.78, 5) is 40.3. The number of nitro benzene ring substituents is 1. The molecule has 10 nitrogen and oxygen atoms in total. The van der Waals surface area contributed by atoms with E-state index in [1.54, 1.807) is 13.0 Å². The number of fused-ring (bicyclic) bond motifs is 1. The molecule has 0 atom stereocenters. The first-order valence-corrected chi connectivity index (χ1v) is 10.3. The van der Waals surface area contributed by atoms with E-state index in [-0.39, 0.29) is 22.7 Å². The van der Waals surface area contributed by atoms with Crippen LogP contribution in [-0.2, 0) is 9.53 Å². The maximum absolute atomic E-state index is 12.9. The van der Waals surface area contributed by atoms with Crippen molar-refractivity contribution in [3.8, 4) is 11.3 Å². The summed E-state index contributed by atoms with van der Waals surface area (Å²) in [6, 6.07) is 13.5. The molecule has 4 aromatic rings. The Balaban J connectivity index is 1.55. The van der Waals surface area contributed by atoms with E-state index >= 15 is 0 Å². The molecule has 0 aliphatic heterocycles. The fourth-order valence-corrected chi connectivity index (χ4v) is 3.48. The molecule has 0 unspecified atom stereocenters. The number of rotatable bonds is 6. The zero-order valence-electron chi connectivity index (χ0n) is 18.6. The zero-order valence-corrected chi connectivity index (χ0v) is 18.6. The van der Waals surface area contributed by atoms with Crippen molar-refractivity contribution in [3.05, 3.63) is 81.0 Å². The number of nitrogens with zero attached hydrogens (tertiary/aromatic N) is 3. The third kappa shape index (κ3) is 4.46. The number of nitro groups is 1. The van der Waals surface area contributed by atoms with Gasteiger partial charge in [0.2, 0.25) is 0 Å². The number of pyridine rings is 1. The van der Waals surface area contributed by atoms with E-state index in [0.29, 0.717) is 22.3 Å². The molecule has 0 radical (unpaired) electrons. The Labute approximate surface area is 193 Å². The van der Waals surface area contributed by atoms with E-state index in [1.165, 1.54) is 25.1 Å². The summed E-state index contributed by atoms with van der Waals surface area (Å²) >= 11 is 0. The van der Waals surface area contributed by atoms with E-state index < -0.39 is 23.4 Å². The van der Waals surface area contributed by atoms with E-state index in [1.807, 2.05) is 31.2 Å². The molecule has 2 heterocycles. The first-order chi connectivity index (χ1) is 16.2. The van der Waals surface area contributed by atoms with E-state index in [2.05, 4.69) is 15.5 Å². The standard InChI is InChI=1S/C24H20N4O6/c1-13-7-9-16(10-8-13)19-11-17(22-15(3)27-34-23(22)26-19)24(30)33-12-21(29)25-18-5-4-6-20(14(18)2)28(31)32/h4-11H,12H2,1-3H3,(H,25,29). The maximum atomic E-state index is 12.9. The monoisotopic (exact) mass is 460 g/mol. The normalized spacial score (nSPS) is 10.8. The summed E-state index contributed by atoms with van der Waals surface area (Å²) in [5, 5.41) is 17.9. The summed E-state index contributed by atoms with van der Waals surface area (Å²) in [5.74, 6) is -1.39. The molecule has 0 saturated carbocycles. The minimum absolute atomic E-state index is 0.124. The minimum atomic E-state index is -0.752. The minimum Gasteiger partial charge on any atom is -0.452 e. The van der Waals surface area contributed by atoms with Crippen molar-refractivity contribution in [2.24, 2.45) is 0 Å². The number of aromatic nitrogens is 2. The number of anilines is 1. The molecule has 2 aromatic heterocycles. The van der Waals surface area contributed by atoms with E-state index in [0.717, 1.165) is 11.1 Å². The van der Waals surface area contributed by atoms with Crippen molar-refractivity contribution in [2.45, 2.75) is 20.8 Å². The molecular weight excluding hydrogens is 440 g/mol. The fraction of sp³-hybridized carbons (Fsp3) is 0.167. The van der Waals surface area contributed by atoms with Crippen molar-refractivity contribution >= 4 is 34.4 Å². The van der Waals surface area contributed by atoms with Gasteiger partial charge in [0.05, 0.1) is 38.5 Å². The molecule has 0 saturated heterocycles. The van der Waals surface area contributed by atoms with Gasteiger partial charge in [-0.25, -0.2) is 9.78 Å². The highest BCUT2D eigenvalue weighted by Crippen LogP contribution is 2.28. The molecule has 172 valence electrons. The molecule has 0 aliphatic carbocycles. The lowest BCUT2D eigenvalue weighted by Crippen LogP contribution is -2.21. The number of carbonyl (C=O) groups excluding carboxylic acids is 2. The average Bonchev–Trinajstić information content (AvgIpc) is 3.19. The van der Waals surface area contributed by atoms with Gasteiger partial charge in [-0.3, -0.25) is 14.9 Å². The fourth-order valence-electron chi connectivity index (χ4n) is 3.48. The number of amides is 1. The highest BCUT2D eigenvalue weighted by molar-refractivity contribution is 6.05. The first-order valence-electron chi connectivity index (χ1n) is 10.3. The second kappa shape index (κ2) is 9.10. The molecule has 4 rings (SSSR count). The Morgan fingerprint density at radius 2 is 1.85 bits per heavy atom. The van der Waals surface area contributed by atoms with Gasteiger partial charge in [0, 0.05) is 11.6 Å². The number of nitrogens with one attached hydrogen (secondary N) is 1. The first kappa shape index (κ1) is 22.6. The molecule has 0 aliphatic rings. The van der Waals surface area contributed by atoms with Gasteiger partial charge in [0.15, 0.2) is 6.61 Å². The number of benzene rings is 2. The smallest absolute Gasteiger partial charge is 0.339 e. The van der Waals surface area contributed by atoms with E-state index in [9.17, 15) is 19.7 Å². The van der Waals surface area contributed by atoms with Gasteiger partial charge < -0.3 is 14.6 Å². The molecule has 1 N–H and O–H groups in total. The van der Waals surface area contributed by atoms with Crippen LogP contribution in [0, 0.1) is 30.9 Å². The molecule has 10 heteroatoms. The number of hydrogen-bond acceptors (Lipinski definition) is 8. The summed E-state index contributed by atoms with van der Waals surface area (Å²) in [5.41, 5.74) is 3.58. The Morgan fingerprint density at radius 1 is 1.12 bits per heavy atom. The van der Waals surface area contributed by atoms with Gasteiger partial charge in [-0.1, -0.05) is 41.1 Å². The van der Waals surface area contributed by atoms with Gasteiger partial charge >= 0.3 is 5.97 Å². The number of ether oxygens (including phenoxy) is 1. The second-order valence-corrected chi connectivity index (χ2v) is 7.70. The van der Waals surface area contributed by atoms with Crippen molar-refractivity contribution in [1.29, 1.82) is 0 Å². The molecular formula is C24H20N4O6. The number of hydrogen-bond donors (Lipinski definition) is 1. The van der Waals surface area contributed by atoms with Gasteiger partial charge in [-0.2, -0.15) is 0 Å². The number of carbonyl (C=O) groups is 2. The highest BCUT2D eigenvalue weighted by atomic mass is 16.6. The van der Waals surface area contributed by atoms with Crippen LogP contribution < -0.4 is 5.32 Å². The highest BCUT2D eigenvalue weighted by Gasteiger charge is 2.22. The molecule has 0 fully saturated rings. The Hall–Kier alpha value is -4.60. The summed E-state index contributed by atoms with van der Waals surface area (Å²) < 4.78 is 10.5. The van der Waals surface area contributed by atoms with Crippen LogP contribution in [0.1, 0.15) is 27.2 Å². The zero-order chi connectivity index (χ0) is 24.4. The molecule has 34 heavy (non-hydrogen) atoms. The topological polar surface area (TPSA) is 137 Å². The third-order valence-electron chi connectivity index (χ3n) is 5.29. The van der Waals surface area contributed by atoms with Gasteiger partial charge in [0.25, 0.3) is 17.3 Å². The lowest BCUT2D eigenvalue weighted by atomic mass is 10.0.